The van der Waals surface area contributed by atoms with E-state index in [0.717, 1.165) is 29.1 Å². The highest BCUT2D eigenvalue weighted by molar-refractivity contribution is 6.35. The van der Waals surface area contributed by atoms with Crippen LogP contribution in [0.2, 0.25) is 10.0 Å². The van der Waals surface area contributed by atoms with E-state index in [2.05, 4.69) is 36.2 Å². The summed E-state index contributed by atoms with van der Waals surface area (Å²) in [5.41, 5.74) is 4.44. The van der Waals surface area contributed by atoms with Gasteiger partial charge in [0.1, 0.15) is 5.82 Å². The Kier molecular flexibility index (Phi) is 6.17. The molecule has 0 saturated heterocycles. The van der Waals surface area contributed by atoms with Gasteiger partial charge in [-0.3, -0.25) is 0 Å². The van der Waals surface area contributed by atoms with E-state index in [1.807, 2.05) is 18.2 Å². The summed E-state index contributed by atoms with van der Waals surface area (Å²) in [5, 5.41) is 1.33. The van der Waals surface area contributed by atoms with E-state index < -0.39 is 0 Å². The number of rotatable bonds is 7. The Bertz CT molecular complexity index is 825. The second-order valence-electron chi connectivity index (χ2n) is 6.25. The third kappa shape index (κ3) is 4.65. The van der Waals surface area contributed by atoms with Crippen molar-refractivity contribution in [3.8, 4) is 11.3 Å². The lowest BCUT2D eigenvalue weighted by atomic mass is 10.1. The molecule has 0 aliphatic heterocycles. The van der Waals surface area contributed by atoms with Crippen LogP contribution in [0.25, 0.3) is 11.3 Å². The minimum absolute atomic E-state index is 0.651. The summed E-state index contributed by atoms with van der Waals surface area (Å²) < 4.78 is 0. The number of nitrogens with zero attached hydrogens (tertiary/aromatic N) is 1. The van der Waals surface area contributed by atoms with E-state index in [0.29, 0.717) is 16.5 Å². The maximum absolute atomic E-state index is 6.32. The zero-order valence-corrected chi connectivity index (χ0v) is 15.9. The third-order valence-corrected chi connectivity index (χ3v) is 4.87. The monoisotopic (exact) mass is 372 g/mol. The number of halogens is 2. The molecule has 1 aromatic heterocycles. The normalized spacial score (nSPS) is 11.0. The van der Waals surface area contributed by atoms with Gasteiger partial charge in [0.2, 0.25) is 0 Å². The molecule has 0 saturated carbocycles. The Morgan fingerprint density at radius 1 is 1.00 bits per heavy atom. The van der Waals surface area contributed by atoms with Crippen molar-refractivity contribution in [1.82, 2.24) is 9.97 Å². The van der Waals surface area contributed by atoms with Crippen LogP contribution in [0.3, 0.4) is 0 Å². The summed E-state index contributed by atoms with van der Waals surface area (Å²) in [4.78, 5) is 8.40. The number of hydrogen-bond donors (Lipinski definition) is 1. The summed E-state index contributed by atoms with van der Waals surface area (Å²) in [7, 11) is 0. The van der Waals surface area contributed by atoms with Crippen LogP contribution < -0.4 is 0 Å². The number of imidazole rings is 1. The Morgan fingerprint density at radius 2 is 1.80 bits per heavy atom. The van der Waals surface area contributed by atoms with Gasteiger partial charge in [0, 0.05) is 27.7 Å². The van der Waals surface area contributed by atoms with Crippen LogP contribution in [0, 0.1) is 0 Å². The van der Waals surface area contributed by atoms with Crippen LogP contribution in [0.4, 0.5) is 0 Å². The Hall–Kier alpha value is -1.77. The van der Waals surface area contributed by atoms with Gasteiger partial charge in [0.05, 0.1) is 5.69 Å². The lowest BCUT2D eigenvalue weighted by molar-refractivity contribution is 0.709. The number of H-pyrrole nitrogens is 1. The minimum atomic E-state index is 0.651. The summed E-state index contributed by atoms with van der Waals surface area (Å²) in [6.07, 6.45) is 5.29. The largest absolute Gasteiger partial charge is 0.345 e. The molecule has 2 aromatic carbocycles. The topological polar surface area (TPSA) is 28.7 Å². The standard InChI is InChI=1S/C21H22Cl2N2/c1-2-3-5-10-19-21(15-8-6-4-7-9-15)25-20(24-19)13-16-11-12-17(22)14-18(16)23/h4,6-9,11-12,14H,2-3,5,10,13H2,1H3,(H,24,25). The molecular formula is C21H22Cl2N2. The SMILES string of the molecule is CCCCCc1[nH]c(Cc2ccc(Cl)cc2Cl)nc1-c1ccccc1. The van der Waals surface area contributed by atoms with E-state index >= 15 is 0 Å². The number of aryl methyl sites for hydroxylation is 1. The predicted molar refractivity (Wildman–Crippen MR) is 107 cm³/mol. The van der Waals surface area contributed by atoms with Crippen molar-refractivity contribution in [2.75, 3.05) is 0 Å². The van der Waals surface area contributed by atoms with Gasteiger partial charge in [-0.2, -0.15) is 0 Å². The molecule has 2 nitrogen and oxygen atoms in total. The molecular weight excluding hydrogens is 351 g/mol. The second-order valence-corrected chi connectivity index (χ2v) is 7.09. The van der Waals surface area contributed by atoms with Crippen LogP contribution in [0.15, 0.2) is 48.5 Å². The van der Waals surface area contributed by atoms with Gasteiger partial charge in [-0.25, -0.2) is 4.98 Å². The first-order valence-corrected chi connectivity index (χ1v) is 9.50. The third-order valence-electron chi connectivity index (χ3n) is 4.28. The van der Waals surface area contributed by atoms with Gasteiger partial charge in [-0.1, -0.05) is 79.4 Å². The lowest BCUT2D eigenvalue weighted by Crippen LogP contribution is -1.93. The Balaban J connectivity index is 1.89. The summed E-state index contributed by atoms with van der Waals surface area (Å²) in [5.74, 6) is 0.939. The number of unbranched alkanes of at least 4 members (excludes halogenated alkanes) is 2. The molecule has 0 spiro atoms. The Morgan fingerprint density at radius 3 is 2.52 bits per heavy atom. The molecule has 1 heterocycles. The fourth-order valence-electron chi connectivity index (χ4n) is 2.96. The molecule has 0 bridgehead atoms. The second kappa shape index (κ2) is 8.55. The van der Waals surface area contributed by atoms with E-state index in [4.69, 9.17) is 28.2 Å². The molecule has 0 aliphatic carbocycles. The van der Waals surface area contributed by atoms with Crippen LogP contribution in [-0.2, 0) is 12.8 Å². The fourth-order valence-corrected chi connectivity index (χ4v) is 3.44. The van der Waals surface area contributed by atoms with Gasteiger partial charge in [0.15, 0.2) is 0 Å². The number of benzene rings is 2. The number of hydrogen-bond acceptors (Lipinski definition) is 1. The van der Waals surface area contributed by atoms with Crippen LogP contribution in [-0.4, -0.2) is 9.97 Å². The van der Waals surface area contributed by atoms with E-state index in [1.54, 1.807) is 6.07 Å². The van der Waals surface area contributed by atoms with Crippen molar-refractivity contribution in [1.29, 1.82) is 0 Å². The molecule has 0 radical (unpaired) electrons. The number of nitrogens with one attached hydrogen (secondary N) is 1. The molecule has 1 N–H and O–H groups in total. The van der Waals surface area contributed by atoms with Crippen molar-refractivity contribution in [2.24, 2.45) is 0 Å². The van der Waals surface area contributed by atoms with Crippen LogP contribution >= 0.6 is 23.2 Å². The predicted octanol–water partition coefficient (Wildman–Crippen LogP) is 6.71. The van der Waals surface area contributed by atoms with Crippen molar-refractivity contribution < 1.29 is 0 Å². The van der Waals surface area contributed by atoms with Gasteiger partial charge in [-0.05, 0) is 30.5 Å². The first kappa shape index (κ1) is 18.0. The molecule has 25 heavy (non-hydrogen) atoms. The first-order chi connectivity index (χ1) is 12.2. The zero-order chi connectivity index (χ0) is 17.6. The summed E-state index contributed by atoms with van der Waals surface area (Å²) in [6.45, 7) is 2.22. The molecule has 0 unspecified atom stereocenters. The first-order valence-electron chi connectivity index (χ1n) is 8.74. The molecule has 0 fully saturated rings. The minimum Gasteiger partial charge on any atom is -0.345 e. The molecule has 130 valence electrons. The molecule has 3 rings (SSSR count). The van der Waals surface area contributed by atoms with E-state index in [-0.39, 0.29) is 0 Å². The molecule has 0 amide bonds. The average molecular weight is 373 g/mol. The molecule has 3 aromatic rings. The van der Waals surface area contributed by atoms with Crippen LogP contribution in [0.1, 0.15) is 43.3 Å². The van der Waals surface area contributed by atoms with Gasteiger partial charge in [0.25, 0.3) is 0 Å². The lowest BCUT2D eigenvalue weighted by Gasteiger charge is -2.02. The number of aromatic nitrogens is 2. The highest BCUT2D eigenvalue weighted by atomic mass is 35.5. The van der Waals surface area contributed by atoms with Crippen molar-refractivity contribution in [2.45, 2.75) is 39.0 Å². The highest BCUT2D eigenvalue weighted by Gasteiger charge is 2.13. The maximum atomic E-state index is 6.32. The van der Waals surface area contributed by atoms with Gasteiger partial charge < -0.3 is 4.98 Å². The average Bonchev–Trinajstić information content (AvgIpc) is 3.01. The molecule has 0 atom stereocenters. The quantitative estimate of drug-likeness (QED) is 0.458. The maximum Gasteiger partial charge on any atom is 0.111 e. The van der Waals surface area contributed by atoms with E-state index in [9.17, 15) is 0 Å². The number of aromatic amines is 1. The summed E-state index contributed by atoms with van der Waals surface area (Å²) in [6, 6.07) is 16.0. The fraction of sp³-hybridized carbons (Fsp3) is 0.286. The smallest absolute Gasteiger partial charge is 0.111 e. The molecule has 0 aliphatic rings. The van der Waals surface area contributed by atoms with Crippen molar-refractivity contribution >= 4 is 23.2 Å². The van der Waals surface area contributed by atoms with E-state index in [1.165, 1.54) is 25.0 Å². The van der Waals surface area contributed by atoms with Crippen molar-refractivity contribution in [3.63, 3.8) is 0 Å². The van der Waals surface area contributed by atoms with Crippen molar-refractivity contribution in [3.05, 3.63) is 75.7 Å². The van der Waals surface area contributed by atoms with Crippen LogP contribution in [0.5, 0.6) is 0 Å². The molecule has 4 heteroatoms. The Labute approximate surface area is 159 Å². The summed E-state index contributed by atoms with van der Waals surface area (Å²) >= 11 is 12.3. The van der Waals surface area contributed by atoms with Gasteiger partial charge >= 0.3 is 0 Å². The highest BCUT2D eigenvalue weighted by Crippen LogP contribution is 2.26. The van der Waals surface area contributed by atoms with Gasteiger partial charge in [-0.15, -0.1) is 0 Å². The zero-order valence-electron chi connectivity index (χ0n) is 14.4.